The summed E-state index contributed by atoms with van der Waals surface area (Å²) >= 11 is 0. The smallest absolute Gasteiger partial charge is 0.211 e. The van der Waals surface area contributed by atoms with E-state index < -0.39 is 10.0 Å². The highest BCUT2D eigenvalue weighted by molar-refractivity contribution is 14.0. The molecule has 2 heterocycles. The molecule has 2 aliphatic rings. The minimum atomic E-state index is -3.15. The molecule has 10 heteroatoms. The number of guanidine groups is 1. The van der Waals surface area contributed by atoms with E-state index in [4.69, 9.17) is 5.10 Å². The summed E-state index contributed by atoms with van der Waals surface area (Å²) in [6.45, 7) is 5.47. The Balaban J connectivity index is 0.00000280. The number of aromatic nitrogens is 2. The first-order valence-electron chi connectivity index (χ1n) is 9.79. The Kier molecular flexibility index (Phi) is 8.15. The van der Waals surface area contributed by atoms with E-state index >= 15 is 0 Å². The number of aliphatic imine (C=N–C) groups is 1. The molecule has 0 bridgehead atoms. The van der Waals surface area contributed by atoms with Gasteiger partial charge >= 0.3 is 0 Å². The van der Waals surface area contributed by atoms with Crippen LogP contribution in [0.2, 0.25) is 0 Å². The van der Waals surface area contributed by atoms with Gasteiger partial charge in [0.25, 0.3) is 0 Å². The van der Waals surface area contributed by atoms with Gasteiger partial charge in [0, 0.05) is 50.9 Å². The van der Waals surface area contributed by atoms with E-state index in [1.54, 1.807) is 11.4 Å². The Morgan fingerprint density at radius 3 is 2.79 bits per heavy atom. The van der Waals surface area contributed by atoms with Crippen molar-refractivity contribution in [3.63, 3.8) is 0 Å². The second kappa shape index (κ2) is 9.75. The zero-order valence-corrected chi connectivity index (χ0v) is 20.3. The Morgan fingerprint density at radius 1 is 1.39 bits per heavy atom. The molecule has 0 saturated carbocycles. The number of nitrogens with one attached hydrogen (secondary N) is 2. The molecule has 1 fully saturated rings. The van der Waals surface area contributed by atoms with Crippen LogP contribution in [0.1, 0.15) is 50.4 Å². The molecule has 1 saturated heterocycles. The van der Waals surface area contributed by atoms with E-state index in [9.17, 15) is 8.42 Å². The third-order valence-corrected chi connectivity index (χ3v) is 6.78. The second-order valence-corrected chi connectivity index (χ2v) is 9.82. The SMILES string of the molecule is CN=C(NC[C@H]1CCCN1S(C)(=O)=O)NC1CCc2cn(C(C)C)nc2C1.I. The van der Waals surface area contributed by atoms with Crippen LogP contribution < -0.4 is 10.6 Å². The van der Waals surface area contributed by atoms with Crippen LogP contribution in [-0.2, 0) is 22.9 Å². The average Bonchev–Trinajstić information content (AvgIpc) is 3.24. The lowest BCUT2D eigenvalue weighted by atomic mass is 9.94. The van der Waals surface area contributed by atoms with E-state index in [2.05, 4.69) is 35.7 Å². The van der Waals surface area contributed by atoms with Gasteiger partial charge in [-0.05, 0) is 45.1 Å². The molecule has 2 atom stereocenters. The van der Waals surface area contributed by atoms with Gasteiger partial charge in [-0.1, -0.05) is 0 Å². The van der Waals surface area contributed by atoms with Gasteiger partial charge in [-0.2, -0.15) is 9.40 Å². The van der Waals surface area contributed by atoms with Gasteiger partial charge in [0.05, 0.1) is 11.9 Å². The quantitative estimate of drug-likeness (QED) is 0.347. The fourth-order valence-electron chi connectivity index (χ4n) is 3.95. The first-order valence-corrected chi connectivity index (χ1v) is 11.6. The molecule has 28 heavy (non-hydrogen) atoms. The normalized spacial score (nSPS) is 23.4. The maximum Gasteiger partial charge on any atom is 0.211 e. The van der Waals surface area contributed by atoms with Crippen molar-refractivity contribution in [1.29, 1.82) is 0 Å². The molecule has 3 rings (SSSR count). The monoisotopic (exact) mass is 524 g/mol. The number of fused-ring (bicyclic) bond motifs is 1. The molecule has 1 aromatic rings. The number of sulfonamides is 1. The number of rotatable bonds is 5. The van der Waals surface area contributed by atoms with Gasteiger partial charge < -0.3 is 10.6 Å². The van der Waals surface area contributed by atoms with Crippen LogP contribution in [0.5, 0.6) is 0 Å². The molecule has 1 aliphatic carbocycles. The van der Waals surface area contributed by atoms with E-state index in [1.807, 2.05) is 4.68 Å². The van der Waals surface area contributed by atoms with E-state index in [1.165, 1.54) is 17.5 Å². The van der Waals surface area contributed by atoms with Crippen molar-refractivity contribution in [2.45, 2.75) is 64.1 Å². The summed E-state index contributed by atoms with van der Waals surface area (Å²) in [5.74, 6) is 0.729. The molecule has 0 aromatic carbocycles. The van der Waals surface area contributed by atoms with Crippen LogP contribution >= 0.6 is 24.0 Å². The summed E-state index contributed by atoms with van der Waals surface area (Å²) in [7, 11) is -1.40. The van der Waals surface area contributed by atoms with Crippen LogP contribution in [0.25, 0.3) is 0 Å². The molecule has 8 nitrogen and oxygen atoms in total. The fraction of sp³-hybridized carbons (Fsp3) is 0.778. The minimum Gasteiger partial charge on any atom is -0.355 e. The molecule has 1 unspecified atom stereocenters. The standard InChI is InChI=1S/C18H32N6O2S.HI/c1-13(2)23-12-14-7-8-15(10-17(14)22-23)21-18(19-3)20-11-16-6-5-9-24(16)27(4,25)26;/h12-13,15-16H,5-11H2,1-4H3,(H2,19,20,21);1H/t15?,16-;/m1./s1. The van der Waals surface area contributed by atoms with Crippen molar-refractivity contribution in [3.8, 4) is 0 Å². The van der Waals surface area contributed by atoms with Crippen LogP contribution in [0, 0.1) is 0 Å². The Labute approximate surface area is 185 Å². The van der Waals surface area contributed by atoms with Gasteiger partial charge in [-0.25, -0.2) is 8.42 Å². The van der Waals surface area contributed by atoms with Crippen LogP contribution in [0.15, 0.2) is 11.2 Å². The van der Waals surface area contributed by atoms with Crippen LogP contribution in [-0.4, -0.2) is 66.9 Å². The topological polar surface area (TPSA) is 91.6 Å². The van der Waals surface area contributed by atoms with Crippen LogP contribution in [0.3, 0.4) is 0 Å². The van der Waals surface area contributed by atoms with E-state index in [-0.39, 0.29) is 36.1 Å². The number of halogens is 1. The van der Waals surface area contributed by atoms with Crippen molar-refractivity contribution in [2.75, 3.05) is 26.4 Å². The maximum atomic E-state index is 11.9. The predicted octanol–water partition coefficient (Wildman–Crippen LogP) is 1.53. The number of nitrogens with zero attached hydrogens (tertiary/aromatic N) is 4. The Bertz CT molecular complexity index is 792. The minimum absolute atomic E-state index is 0. The summed E-state index contributed by atoms with van der Waals surface area (Å²) in [5, 5.41) is 11.5. The van der Waals surface area contributed by atoms with Crippen molar-refractivity contribution >= 4 is 40.0 Å². The molecule has 160 valence electrons. The van der Waals surface area contributed by atoms with Crippen molar-refractivity contribution < 1.29 is 8.42 Å². The molecular weight excluding hydrogens is 491 g/mol. The summed E-state index contributed by atoms with van der Waals surface area (Å²) in [6.07, 6.45) is 8.19. The number of aryl methyl sites for hydroxylation is 1. The Hall–Kier alpha value is -0.880. The third-order valence-electron chi connectivity index (χ3n) is 5.44. The number of hydrogen-bond donors (Lipinski definition) is 2. The summed E-state index contributed by atoms with van der Waals surface area (Å²) < 4.78 is 27.4. The van der Waals surface area contributed by atoms with E-state index in [0.717, 1.165) is 38.1 Å². The van der Waals surface area contributed by atoms with Gasteiger partial charge in [0.15, 0.2) is 5.96 Å². The maximum absolute atomic E-state index is 11.9. The highest BCUT2D eigenvalue weighted by atomic mass is 127. The molecule has 1 aromatic heterocycles. The highest BCUT2D eigenvalue weighted by Gasteiger charge is 2.31. The van der Waals surface area contributed by atoms with Gasteiger partial charge in [0.2, 0.25) is 10.0 Å². The largest absolute Gasteiger partial charge is 0.355 e. The van der Waals surface area contributed by atoms with Crippen molar-refractivity contribution in [2.24, 2.45) is 4.99 Å². The van der Waals surface area contributed by atoms with Gasteiger partial charge in [0.1, 0.15) is 0 Å². The number of hydrogen-bond acceptors (Lipinski definition) is 4. The molecule has 0 amide bonds. The molecule has 0 radical (unpaired) electrons. The van der Waals surface area contributed by atoms with Crippen molar-refractivity contribution in [1.82, 2.24) is 24.7 Å². The third kappa shape index (κ3) is 5.59. The summed E-state index contributed by atoms with van der Waals surface area (Å²) in [6, 6.07) is 0.660. The van der Waals surface area contributed by atoms with Gasteiger partial charge in [-0.15, -0.1) is 24.0 Å². The lowest BCUT2D eigenvalue weighted by Crippen LogP contribution is -2.49. The molecule has 2 N–H and O–H groups in total. The lowest BCUT2D eigenvalue weighted by Gasteiger charge is -2.26. The summed E-state index contributed by atoms with van der Waals surface area (Å²) in [4.78, 5) is 4.32. The Morgan fingerprint density at radius 2 is 2.14 bits per heavy atom. The van der Waals surface area contributed by atoms with Crippen molar-refractivity contribution in [3.05, 3.63) is 17.5 Å². The van der Waals surface area contributed by atoms with Crippen LogP contribution in [0.4, 0.5) is 0 Å². The average molecular weight is 524 g/mol. The zero-order chi connectivity index (χ0) is 19.6. The zero-order valence-electron chi connectivity index (χ0n) is 17.2. The van der Waals surface area contributed by atoms with E-state index in [0.29, 0.717) is 19.1 Å². The molecule has 0 spiro atoms. The lowest BCUT2D eigenvalue weighted by molar-refractivity contribution is 0.386. The predicted molar refractivity (Wildman–Crippen MR) is 123 cm³/mol. The first kappa shape index (κ1) is 23.4. The molecular formula is C18H33IN6O2S. The highest BCUT2D eigenvalue weighted by Crippen LogP contribution is 2.22. The first-order chi connectivity index (χ1) is 12.8. The summed E-state index contributed by atoms with van der Waals surface area (Å²) in [5.41, 5.74) is 2.52. The second-order valence-electron chi connectivity index (χ2n) is 7.88. The van der Waals surface area contributed by atoms with Gasteiger partial charge in [-0.3, -0.25) is 9.67 Å². The molecule has 1 aliphatic heterocycles. The fourth-order valence-corrected chi connectivity index (χ4v) is 5.13.